The number of imidazole rings is 1. The van der Waals surface area contributed by atoms with Crippen LogP contribution >= 0.6 is 0 Å². The average molecular weight is 345 g/mol. The fourth-order valence-corrected chi connectivity index (χ4v) is 3.60. The van der Waals surface area contributed by atoms with Crippen LogP contribution in [0.1, 0.15) is 32.6 Å². The highest BCUT2D eigenvalue weighted by Crippen LogP contribution is 2.19. The van der Waals surface area contributed by atoms with Gasteiger partial charge in [-0.15, -0.1) is 0 Å². The van der Waals surface area contributed by atoms with E-state index < -0.39 is 12.0 Å². The Morgan fingerprint density at radius 2 is 1.80 bits per heavy atom. The van der Waals surface area contributed by atoms with Gasteiger partial charge in [0.25, 0.3) is 0 Å². The van der Waals surface area contributed by atoms with E-state index in [9.17, 15) is 19.5 Å². The van der Waals surface area contributed by atoms with Crippen LogP contribution in [0.4, 0.5) is 0 Å². The first-order valence-corrected chi connectivity index (χ1v) is 8.75. The zero-order valence-corrected chi connectivity index (χ0v) is 14.4. The molecule has 2 heterocycles. The molecule has 1 aliphatic heterocycles. The van der Waals surface area contributed by atoms with E-state index in [1.807, 2.05) is 31.2 Å². The summed E-state index contributed by atoms with van der Waals surface area (Å²) in [7, 11) is 0. The van der Waals surface area contributed by atoms with E-state index in [0.717, 1.165) is 17.5 Å². The van der Waals surface area contributed by atoms with Gasteiger partial charge in [-0.2, -0.15) is 0 Å². The maximum Gasteiger partial charge on any atom is 0.329 e. The molecule has 1 fully saturated rings. The maximum atomic E-state index is 12.7. The number of carboxylic acids is 1. The van der Waals surface area contributed by atoms with Gasteiger partial charge in [0.2, 0.25) is 5.91 Å². The number of para-hydroxylation sites is 2. The van der Waals surface area contributed by atoms with Gasteiger partial charge in [-0.25, -0.2) is 9.59 Å². The smallest absolute Gasteiger partial charge is 0.329 e. The number of hydrogen-bond acceptors (Lipinski definition) is 3. The van der Waals surface area contributed by atoms with Gasteiger partial charge in [0, 0.05) is 26.1 Å². The van der Waals surface area contributed by atoms with E-state index in [4.69, 9.17) is 0 Å². The molecule has 1 atom stereocenters. The molecule has 0 radical (unpaired) electrons. The van der Waals surface area contributed by atoms with Crippen molar-refractivity contribution in [3.8, 4) is 0 Å². The lowest BCUT2D eigenvalue weighted by Crippen LogP contribution is -2.41. The second kappa shape index (κ2) is 7.13. The van der Waals surface area contributed by atoms with Gasteiger partial charge in [0.1, 0.15) is 6.04 Å². The Kier molecular flexibility index (Phi) is 4.92. The quantitative estimate of drug-likeness (QED) is 0.863. The van der Waals surface area contributed by atoms with Crippen LogP contribution < -0.4 is 5.69 Å². The van der Waals surface area contributed by atoms with Crippen LogP contribution in [0.2, 0.25) is 0 Å². The van der Waals surface area contributed by atoms with Crippen LogP contribution in [-0.2, 0) is 22.7 Å². The third-order valence-corrected chi connectivity index (χ3v) is 4.78. The van der Waals surface area contributed by atoms with Crippen molar-refractivity contribution in [1.82, 2.24) is 14.0 Å². The molecule has 3 rings (SSSR count). The number of nitrogens with zero attached hydrogens (tertiary/aromatic N) is 3. The van der Waals surface area contributed by atoms with Gasteiger partial charge in [0.15, 0.2) is 0 Å². The first-order valence-electron chi connectivity index (χ1n) is 8.75. The van der Waals surface area contributed by atoms with E-state index in [0.29, 0.717) is 25.9 Å². The molecule has 25 heavy (non-hydrogen) atoms. The Balaban J connectivity index is 1.82. The SMILES string of the molecule is CCCn1c(=O)n(CCC(=O)N2CCCC2C(=O)O)c2ccccc21. The Labute approximate surface area is 145 Å². The first-order chi connectivity index (χ1) is 12.0. The van der Waals surface area contributed by atoms with E-state index in [-0.39, 0.29) is 24.6 Å². The predicted molar refractivity (Wildman–Crippen MR) is 93.5 cm³/mol. The fourth-order valence-electron chi connectivity index (χ4n) is 3.60. The highest BCUT2D eigenvalue weighted by Gasteiger charge is 2.33. The normalized spacial score (nSPS) is 17.3. The Bertz CT molecular complexity index is 852. The van der Waals surface area contributed by atoms with Gasteiger partial charge in [-0.1, -0.05) is 19.1 Å². The third kappa shape index (κ3) is 3.18. The molecule has 1 N–H and O–H groups in total. The summed E-state index contributed by atoms with van der Waals surface area (Å²) in [4.78, 5) is 37.8. The number of fused-ring (bicyclic) bond motifs is 1. The van der Waals surface area contributed by atoms with Crippen molar-refractivity contribution >= 4 is 22.9 Å². The van der Waals surface area contributed by atoms with Crippen molar-refractivity contribution in [3.63, 3.8) is 0 Å². The van der Waals surface area contributed by atoms with Crippen molar-refractivity contribution < 1.29 is 14.7 Å². The molecule has 1 saturated heterocycles. The fraction of sp³-hybridized carbons (Fsp3) is 0.500. The number of amides is 1. The molecular formula is C18H23N3O4. The lowest BCUT2D eigenvalue weighted by molar-refractivity contribution is -0.148. The number of aliphatic carboxylic acids is 1. The predicted octanol–water partition coefficient (Wildman–Crippen LogP) is 1.68. The van der Waals surface area contributed by atoms with E-state index >= 15 is 0 Å². The summed E-state index contributed by atoms with van der Waals surface area (Å²) in [5.41, 5.74) is 1.56. The zero-order valence-electron chi connectivity index (χ0n) is 14.4. The topological polar surface area (TPSA) is 84.5 Å². The number of likely N-dealkylation sites (tertiary alicyclic amines) is 1. The highest BCUT2D eigenvalue weighted by molar-refractivity contribution is 5.84. The van der Waals surface area contributed by atoms with Crippen LogP contribution in [0, 0.1) is 0 Å². The summed E-state index contributed by atoms with van der Waals surface area (Å²) in [5, 5.41) is 9.21. The lowest BCUT2D eigenvalue weighted by atomic mass is 10.2. The molecule has 1 aromatic heterocycles. The van der Waals surface area contributed by atoms with Crippen LogP contribution in [0.15, 0.2) is 29.1 Å². The van der Waals surface area contributed by atoms with E-state index in [1.54, 1.807) is 9.13 Å². The van der Waals surface area contributed by atoms with Crippen LogP contribution in [0.5, 0.6) is 0 Å². The second-order valence-electron chi connectivity index (χ2n) is 6.41. The molecule has 1 amide bonds. The number of aryl methyl sites for hydroxylation is 2. The van der Waals surface area contributed by atoms with Crippen molar-refractivity contribution in [1.29, 1.82) is 0 Å². The summed E-state index contributed by atoms with van der Waals surface area (Å²) >= 11 is 0. The number of rotatable bonds is 6. The lowest BCUT2D eigenvalue weighted by Gasteiger charge is -2.21. The molecule has 1 unspecified atom stereocenters. The zero-order chi connectivity index (χ0) is 18.0. The van der Waals surface area contributed by atoms with Gasteiger partial charge in [-0.05, 0) is 31.4 Å². The second-order valence-corrected chi connectivity index (χ2v) is 6.41. The number of hydrogen-bond donors (Lipinski definition) is 1. The van der Waals surface area contributed by atoms with E-state index in [2.05, 4.69) is 0 Å². The third-order valence-electron chi connectivity index (χ3n) is 4.78. The Hall–Kier alpha value is -2.57. The van der Waals surface area contributed by atoms with Crippen LogP contribution in [-0.4, -0.2) is 43.6 Å². The molecule has 1 aromatic carbocycles. The largest absolute Gasteiger partial charge is 0.480 e. The monoisotopic (exact) mass is 345 g/mol. The molecule has 0 saturated carbocycles. The molecule has 1 aliphatic rings. The van der Waals surface area contributed by atoms with Gasteiger partial charge in [0.05, 0.1) is 11.0 Å². The van der Waals surface area contributed by atoms with Crippen molar-refractivity contribution in [2.24, 2.45) is 0 Å². The summed E-state index contributed by atoms with van der Waals surface area (Å²) in [5.74, 6) is -1.16. The minimum atomic E-state index is -0.956. The number of carbonyl (C=O) groups excluding carboxylic acids is 1. The first kappa shape index (κ1) is 17.3. The summed E-state index contributed by atoms with van der Waals surface area (Å²) in [6.45, 7) is 3.38. The van der Waals surface area contributed by atoms with Crippen molar-refractivity contribution in [3.05, 3.63) is 34.7 Å². The molecule has 0 bridgehead atoms. The maximum absolute atomic E-state index is 12.7. The number of carboxylic acid groups (broad SMARTS) is 1. The molecule has 0 spiro atoms. The van der Waals surface area contributed by atoms with Crippen LogP contribution in [0.3, 0.4) is 0 Å². The Morgan fingerprint density at radius 3 is 2.40 bits per heavy atom. The summed E-state index contributed by atoms with van der Waals surface area (Å²) < 4.78 is 3.35. The molecule has 0 aliphatic carbocycles. The summed E-state index contributed by atoms with van der Waals surface area (Å²) in [6, 6.07) is 6.82. The van der Waals surface area contributed by atoms with Crippen molar-refractivity contribution in [2.45, 2.75) is 51.7 Å². The molecule has 7 heteroatoms. The van der Waals surface area contributed by atoms with Crippen molar-refractivity contribution in [2.75, 3.05) is 6.54 Å². The average Bonchev–Trinajstić information content (AvgIpc) is 3.18. The number of aromatic nitrogens is 2. The highest BCUT2D eigenvalue weighted by atomic mass is 16.4. The van der Waals surface area contributed by atoms with Gasteiger partial charge in [-0.3, -0.25) is 13.9 Å². The molecule has 7 nitrogen and oxygen atoms in total. The Morgan fingerprint density at radius 1 is 1.16 bits per heavy atom. The minimum absolute atomic E-state index is 0.118. The standard InChI is InChI=1S/C18H23N3O4/c1-2-10-20-13-6-3-4-7-14(13)21(18(20)25)12-9-16(22)19-11-5-8-15(19)17(23)24/h3-4,6-7,15H,2,5,8-12H2,1H3,(H,23,24). The minimum Gasteiger partial charge on any atom is -0.480 e. The van der Waals surface area contributed by atoms with Gasteiger partial charge >= 0.3 is 11.7 Å². The van der Waals surface area contributed by atoms with Gasteiger partial charge < -0.3 is 10.0 Å². The number of benzene rings is 1. The number of carbonyl (C=O) groups is 2. The molecule has 2 aromatic rings. The van der Waals surface area contributed by atoms with Crippen LogP contribution in [0.25, 0.3) is 11.0 Å². The van der Waals surface area contributed by atoms with E-state index in [1.165, 1.54) is 4.90 Å². The summed E-state index contributed by atoms with van der Waals surface area (Å²) in [6.07, 6.45) is 2.18. The molecular weight excluding hydrogens is 322 g/mol. The molecule has 134 valence electrons.